The second kappa shape index (κ2) is 7.87. The molecule has 1 atom stereocenters. The van der Waals surface area contributed by atoms with E-state index in [-0.39, 0.29) is 6.03 Å². The Balaban J connectivity index is 1.47. The van der Waals surface area contributed by atoms with Crippen molar-refractivity contribution in [2.24, 2.45) is 5.73 Å². The van der Waals surface area contributed by atoms with Crippen LogP contribution in [0.1, 0.15) is 46.0 Å². The van der Waals surface area contributed by atoms with E-state index in [1.165, 1.54) is 11.1 Å². The van der Waals surface area contributed by atoms with E-state index in [0.717, 1.165) is 24.0 Å². The SMILES string of the molecule is CCC1(CNC(=O)N2CCc3c(cccc3C(N)=O)C2)OCCc2ccccc21. The van der Waals surface area contributed by atoms with E-state index in [4.69, 9.17) is 10.5 Å². The van der Waals surface area contributed by atoms with Gasteiger partial charge in [-0.1, -0.05) is 43.3 Å². The van der Waals surface area contributed by atoms with Crippen molar-refractivity contribution >= 4 is 11.9 Å². The maximum atomic E-state index is 12.9. The van der Waals surface area contributed by atoms with Crippen LogP contribution in [0, 0.1) is 0 Å². The topological polar surface area (TPSA) is 84.7 Å². The third kappa shape index (κ3) is 3.60. The number of carbonyl (C=O) groups excluding carboxylic acids is 2. The molecule has 2 heterocycles. The lowest BCUT2D eigenvalue weighted by Gasteiger charge is -2.39. The Morgan fingerprint density at radius 1 is 1.14 bits per heavy atom. The number of primary amides is 1. The molecule has 1 unspecified atom stereocenters. The molecule has 0 aliphatic carbocycles. The third-order valence-corrected chi connectivity index (χ3v) is 6.17. The van der Waals surface area contributed by atoms with Gasteiger partial charge in [0, 0.05) is 18.7 Å². The van der Waals surface area contributed by atoms with Gasteiger partial charge in [0.15, 0.2) is 0 Å². The van der Waals surface area contributed by atoms with Gasteiger partial charge >= 0.3 is 6.03 Å². The van der Waals surface area contributed by atoms with E-state index >= 15 is 0 Å². The molecule has 4 rings (SSSR count). The minimum atomic E-state index is -0.489. The largest absolute Gasteiger partial charge is 0.368 e. The molecule has 0 saturated heterocycles. The summed E-state index contributed by atoms with van der Waals surface area (Å²) in [5.41, 5.74) is 9.95. The number of benzene rings is 2. The number of hydrogen-bond donors (Lipinski definition) is 2. The van der Waals surface area contributed by atoms with Gasteiger partial charge in [0.25, 0.3) is 0 Å². The van der Waals surface area contributed by atoms with Gasteiger partial charge < -0.3 is 20.7 Å². The summed E-state index contributed by atoms with van der Waals surface area (Å²) in [6, 6.07) is 13.7. The van der Waals surface area contributed by atoms with Gasteiger partial charge in [-0.15, -0.1) is 0 Å². The molecule has 6 nitrogen and oxygen atoms in total. The lowest BCUT2D eigenvalue weighted by atomic mass is 9.84. The molecule has 29 heavy (non-hydrogen) atoms. The predicted octanol–water partition coefficient (Wildman–Crippen LogP) is 2.73. The predicted molar refractivity (Wildman–Crippen MR) is 111 cm³/mol. The van der Waals surface area contributed by atoms with Gasteiger partial charge in [0.05, 0.1) is 13.2 Å². The summed E-state index contributed by atoms with van der Waals surface area (Å²) in [6.45, 7) is 4.22. The Hall–Kier alpha value is -2.86. The van der Waals surface area contributed by atoms with Crippen molar-refractivity contribution in [2.75, 3.05) is 19.7 Å². The number of nitrogens with two attached hydrogens (primary N) is 1. The maximum absolute atomic E-state index is 12.9. The molecular weight excluding hydrogens is 366 g/mol. The normalized spacial score (nSPS) is 20.5. The average molecular weight is 393 g/mol. The van der Waals surface area contributed by atoms with Crippen LogP contribution in [-0.4, -0.2) is 36.5 Å². The molecule has 2 aromatic carbocycles. The summed E-state index contributed by atoms with van der Waals surface area (Å²) in [5.74, 6) is -0.419. The smallest absolute Gasteiger partial charge is 0.317 e. The van der Waals surface area contributed by atoms with Crippen LogP contribution in [0.4, 0.5) is 4.79 Å². The molecule has 2 aliphatic heterocycles. The number of amides is 3. The van der Waals surface area contributed by atoms with E-state index < -0.39 is 11.5 Å². The van der Waals surface area contributed by atoms with E-state index in [9.17, 15) is 9.59 Å². The van der Waals surface area contributed by atoms with Gasteiger partial charge in [-0.05, 0) is 47.6 Å². The quantitative estimate of drug-likeness (QED) is 0.838. The Kier molecular flexibility index (Phi) is 5.28. The van der Waals surface area contributed by atoms with Crippen LogP contribution in [0.5, 0.6) is 0 Å². The summed E-state index contributed by atoms with van der Waals surface area (Å²) >= 11 is 0. The number of fused-ring (bicyclic) bond motifs is 2. The van der Waals surface area contributed by atoms with Crippen LogP contribution in [0.15, 0.2) is 42.5 Å². The molecule has 2 aliphatic rings. The Morgan fingerprint density at radius 3 is 2.72 bits per heavy atom. The molecule has 152 valence electrons. The third-order valence-electron chi connectivity index (χ3n) is 6.17. The number of hydrogen-bond acceptors (Lipinski definition) is 3. The second-order valence-corrected chi connectivity index (χ2v) is 7.74. The summed E-state index contributed by atoms with van der Waals surface area (Å²) in [5, 5.41) is 3.09. The molecule has 0 spiro atoms. The van der Waals surface area contributed by atoms with Crippen LogP contribution in [0.2, 0.25) is 0 Å². The average Bonchev–Trinajstić information content (AvgIpc) is 2.76. The van der Waals surface area contributed by atoms with E-state index in [2.05, 4.69) is 30.4 Å². The van der Waals surface area contributed by atoms with Gasteiger partial charge in [-0.2, -0.15) is 0 Å². The van der Waals surface area contributed by atoms with Gasteiger partial charge in [-0.25, -0.2) is 4.79 Å². The molecule has 6 heteroatoms. The fraction of sp³-hybridized carbons (Fsp3) is 0.391. The van der Waals surface area contributed by atoms with Crippen molar-refractivity contribution in [3.63, 3.8) is 0 Å². The first-order chi connectivity index (χ1) is 14.0. The van der Waals surface area contributed by atoms with Crippen LogP contribution in [-0.2, 0) is 29.7 Å². The van der Waals surface area contributed by atoms with Crippen molar-refractivity contribution in [2.45, 2.75) is 38.3 Å². The number of nitrogens with zero attached hydrogens (tertiary/aromatic N) is 1. The zero-order valence-electron chi connectivity index (χ0n) is 16.7. The number of rotatable bonds is 4. The van der Waals surface area contributed by atoms with Crippen LogP contribution < -0.4 is 11.1 Å². The molecule has 2 aromatic rings. The van der Waals surface area contributed by atoms with Crippen LogP contribution >= 0.6 is 0 Å². The zero-order valence-corrected chi connectivity index (χ0v) is 16.7. The first-order valence-electron chi connectivity index (χ1n) is 10.2. The van der Waals surface area contributed by atoms with Crippen molar-refractivity contribution in [1.29, 1.82) is 0 Å². The highest BCUT2D eigenvalue weighted by Crippen LogP contribution is 2.35. The fourth-order valence-electron chi connectivity index (χ4n) is 4.52. The molecule has 0 fully saturated rings. The van der Waals surface area contributed by atoms with Crippen LogP contribution in [0.25, 0.3) is 0 Å². The monoisotopic (exact) mass is 393 g/mol. The molecule has 0 bridgehead atoms. The highest BCUT2D eigenvalue weighted by Gasteiger charge is 2.37. The number of ether oxygens (including phenoxy) is 1. The highest BCUT2D eigenvalue weighted by molar-refractivity contribution is 5.94. The Labute approximate surface area is 171 Å². The van der Waals surface area contributed by atoms with Crippen molar-refractivity contribution in [3.8, 4) is 0 Å². The first kappa shape index (κ1) is 19.5. The number of carbonyl (C=O) groups is 2. The molecule has 0 saturated carbocycles. The van der Waals surface area contributed by atoms with Crippen molar-refractivity contribution < 1.29 is 14.3 Å². The lowest BCUT2D eigenvalue weighted by molar-refractivity contribution is -0.0606. The Morgan fingerprint density at radius 2 is 1.93 bits per heavy atom. The van der Waals surface area contributed by atoms with Crippen LogP contribution in [0.3, 0.4) is 0 Å². The van der Waals surface area contributed by atoms with Crippen molar-refractivity contribution in [3.05, 3.63) is 70.3 Å². The first-order valence-corrected chi connectivity index (χ1v) is 10.2. The van der Waals surface area contributed by atoms with Gasteiger partial charge in [-0.3, -0.25) is 4.79 Å². The van der Waals surface area contributed by atoms with Gasteiger partial charge in [0.1, 0.15) is 5.60 Å². The summed E-state index contributed by atoms with van der Waals surface area (Å²) in [6.07, 6.45) is 2.31. The Bertz CT molecular complexity index is 943. The molecule has 3 amide bonds. The van der Waals surface area contributed by atoms with E-state index in [0.29, 0.717) is 38.2 Å². The second-order valence-electron chi connectivity index (χ2n) is 7.74. The molecule has 3 N–H and O–H groups in total. The minimum Gasteiger partial charge on any atom is -0.368 e. The lowest BCUT2D eigenvalue weighted by Crippen LogP contribution is -2.50. The molecule has 0 aromatic heterocycles. The molecule has 0 radical (unpaired) electrons. The minimum absolute atomic E-state index is 0.111. The number of nitrogens with one attached hydrogen (secondary N) is 1. The highest BCUT2D eigenvalue weighted by atomic mass is 16.5. The van der Waals surface area contributed by atoms with E-state index in [1.807, 2.05) is 18.2 Å². The summed E-state index contributed by atoms with van der Waals surface area (Å²) in [4.78, 5) is 26.3. The standard InChI is InChI=1S/C23H27N3O3/c1-2-23(20-9-4-3-6-16(20)11-13-29-23)15-25-22(28)26-12-10-18-17(14-26)7-5-8-19(18)21(24)27/h3-9H,2,10-15H2,1H3,(H2,24,27)(H,25,28). The zero-order chi connectivity index (χ0) is 20.4. The maximum Gasteiger partial charge on any atom is 0.317 e. The van der Waals surface area contributed by atoms with E-state index in [1.54, 1.807) is 11.0 Å². The summed E-state index contributed by atoms with van der Waals surface area (Å²) in [7, 11) is 0. The fourth-order valence-corrected chi connectivity index (χ4v) is 4.52. The number of urea groups is 1. The van der Waals surface area contributed by atoms with Crippen molar-refractivity contribution in [1.82, 2.24) is 10.2 Å². The van der Waals surface area contributed by atoms with Gasteiger partial charge in [0.2, 0.25) is 5.91 Å². The summed E-state index contributed by atoms with van der Waals surface area (Å²) < 4.78 is 6.19. The molecular formula is C23H27N3O3.